The summed E-state index contributed by atoms with van der Waals surface area (Å²) in [5.74, 6) is 2.98. The van der Waals surface area contributed by atoms with E-state index in [0.29, 0.717) is 13.2 Å². The number of guanidine groups is 1. The van der Waals surface area contributed by atoms with Crippen molar-refractivity contribution in [1.82, 2.24) is 15.1 Å². The summed E-state index contributed by atoms with van der Waals surface area (Å²) in [6, 6.07) is 0.827. The highest BCUT2D eigenvalue weighted by molar-refractivity contribution is 14.0. The van der Waals surface area contributed by atoms with Gasteiger partial charge in [0.05, 0.1) is 25.5 Å². The molecule has 0 radical (unpaired) electrons. The number of halogens is 1. The molecule has 3 rings (SSSR count). The second kappa shape index (κ2) is 11.3. The number of sulfone groups is 1. The molecule has 0 aromatic heterocycles. The molecule has 28 heavy (non-hydrogen) atoms. The Hall–Kier alpha value is -0.130. The van der Waals surface area contributed by atoms with E-state index in [1.54, 1.807) is 0 Å². The van der Waals surface area contributed by atoms with Gasteiger partial charge >= 0.3 is 0 Å². The van der Waals surface area contributed by atoms with Crippen LogP contribution in [0.15, 0.2) is 4.99 Å². The van der Waals surface area contributed by atoms with Crippen LogP contribution < -0.4 is 5.32 Å². The fourth-order valence-corrected chi connectivity index (χ4v) is 5.30. The molecule has 0 aromatic rings. The fraction of sp³-hybridized carbons (Fsp3) is 0.947. The van der Waals surface area contributed by atoms with E-state index in [1.165, 1.54) is 31.9 Å². The minimum absolute atomic E-state index is 0. The lowest BCUT2D eigenvalue weighted by Gasteiger charge is -2.42. The second-order valence-corrected chi connectivity index (χ2v) is 10.5. The van der Waals surface area contributed by atoms with Gasteiger partial charge in [-0.05, 0) is 38.0 Å². The van der Waals surface area contributed by atoms with Crippen LogP contribution in [0.2, 0.25) is 0 Å². The summed E-state index contributed by atoms with van der Waals surface area (Å²) >= 11 is 0. The Morgan fingerprint density at radius 2 is 1.89 bits per heavy atom. The molecular weight excluding hydrogens is 491 g/mol. The van der Waals surface area contributed by atoms with E-state index >= 15 is 0 Å². The number of piperazine rings is 1. The molecule has 0 amide bonds. The zero-order valence-corrected chi connectivity index (χ0v) is 20.5. The Balaban J connectivity index is 0.00000280. The molecule has 3 fully saturated rings. The summed E-state index contributed by atoms with van der Waals surface area (Å²) in [5, 5.41) is 3.38. The van der Waals surface area contributed by atoms with Gasteiger partial charge in [-0.25, -0.2) is 8.42 Å². The quantitative estimate of drug-likeness (QED) is 0.223. The number of nitrogens with zero attached hydrogens (tertiary/aromatic N) is 3. The van der Waals surface area contributed by atoms with Crippen molar-refractivity contribution in [2.45, 2.75) is 38.6 Å². The monoisotopic (exact) mass is 528 g/mol. The van der Waals surface area contributed by atoms with Gasteiger partial charge in [-0.2, -0.15) is 0 Å². The van der Waals surface area contributed by atoms with Crippen LogP contribution in [0, 0.1) is 11.8 Å². The Morgan fingerprint density at radius 3 is 2.46 bits per heavy atom. The Morgan fingerprint density at radius 1 is 1.14 bits per heavy atom. The van der Waals surface area contributed by atoms with Gasteiger partial charge in [0.1, 0.15) is 9.84 Å². The molecule has 1 aliphatic heterocycles. The Labute approximate surface area is 187 Å². The first-order chi connectivity index (χ1) is 13.0. The molecule has 7 nitrogen and oxygen atoms in total. The number of aliphatic imine (C=N–C) groups is 1. The molecule has 3 atom stereocenters. The zero-order chi connectivity index (χ0) is 19.3. The molecule has 9 heteroatoms. The minimum atomic E-state index is -2.96. The lowest BCUT2D eigenvalue weighted by molar-refractivity contribution is 0.0956. The number of ether oxygens (including phenoxy) is 1. The van der Waals surface area contributed by atoms with Gasteiger partial charge in [-0.1, -0.05) is 6.42 Å². The molecule has 3 unspecified atom stereocenters. The van der Waals surface area contributed by atoms with Gasteiger partial charge in [0.25, 0.3) is 0 Å². The maximum Gasteiger partial charge on any atom is 0.194 e. The summed E-state index contributed by atoms with van der Waals surface area (Å²) in [5.41, 5.74) is 0. The van der Waals surface area contributed by atoms with Crippen LogP contribution >= 0.6 is 24.0 Å². The molecule has 2 bridgehead atoms. The van der Waals surface area contributed by atoms with Crippen LogP contribution in [-0.2, 0) is 14.6 Å². The van der Waals surface area contributed by atoms with Crippen molar-refractivity contribution in [3.8, 4) is 0 Å². The molecular formula is C19H37IN4O3S. The van der Waals surface area contributed by atoms with E-state index < -0.39 is 9.84 Å². The molecule has 2 aliphatic carbocycles. The predicted octanol–water partition coefficient (Wildman–Crippen LogP) is 1.44. The van der Waals surface area contributed by atoms with Crippen LogP contribution in [-0.4, -0.2) is 94.7 Å². The molecule has 164 valence electrons. The van der Waals surface area contributed by atoms with Crippen molar-refractivity contribution in [3.63, 3.8) is 0 Å². The molecule has 1 saturated heterocycles. The average molecular weight is 529 g/mol. The predicted molar refractivity (Wildman–Crippen MR) is 124 cm³/mol. The third-order valence-electron chi connectivity index (χ3n) is 6.21. The lowest BCUT2D eigenvalue weighted by atomic mass is 9.93. The highest BCUT2D eigenvalue weighted by atomic mass is 127. The van der Waals surface area contributed by atoms with E-state index in [4.69, 9.17) is 4.74 Å². The molecule has 2 saturated carbocycles. The number of hydrogen-bond acceptors (Lipinski definition) is 5. The first-order valence-electron chi connectivity index (χ1n) is 10.5. The second-order valence-electron chi connectivity index (χ2n) is 8.24. The van der Waals surface area contributed by atoms with E-state index in [1.807, 2.05) is 0 Å². The highest BCUT2D eigenvalue weighted by Crippen LogP contribution is 2.46. The third-order valence-corrected chi connectivity index (χ3v) is 7.12. The smallest absolute Gasteiger partial charge is 0.194 e. The highest BCUT2D eigenvalue weighted by Gasteiger charge is 2.42. The van der Waals surface area contributed by atoms with Gasteiger partial charge in [0, 0.05) is 45.0 Å². The van der Waals surface area contributed by atoms with E-state index in [2.05, 4.69) is 27.0 Å². The van der Waals surface area contributed by atoms with Crippen LogP contribution in [0.1, 0.15) is 32.6 Å². The number of fused-ring (bicyclic) bond motifs is 2. The molecule has 0 spiro atoms. The van der Waals surface area contributed by atoms with E-state index in [-0.39, 0.29) is 36.3 Å². The standard InChI is InChI=1S/C19H36N4O3S.HI/c1-3-20-19(21-6-11-26-12-13-27(2,24)25)23-9-7-22(8-10-23)18-15-16-4-5-17(18)14-16;/h16-18H,3-15H2,1-2H3,(H,20,21);1H. The van der Waals surface area contributed by atoms with Crippen LogP contribution in [0.5, 0.6) is 0 Å². The van der Waals surface area contributed by atoms with Crippen molar-refractivity contribution < 1.29 is 13.2 Å². The van der Waals surface area contributed by atoms with Crippen LogP contribution in [0.3, 0.4) is 0 Å². The van der Waals surface area contributed by atoms with Crippen molar-refractivity contribution in [3.05, 3.63) is 0 Å². The Bertz CT molecular complexity index is 608. The number of nitrogens with one attached hydrogen (secondary N) is 1. The van der Waals surface area contributed by atoms with Gasteiger partial charge in [-0.3, -0.25) is 9.89 Å². The van der Waals surface area contributed by atoms with Gasteiger partial charge in [-0.15, -0.1) is 24.0 Å². The number of hydrogen-bond donors (Lipinski definition) is 1. The normalized spacial score (nSPS) is 28.4. The van der Waals surface area contributed by atoms with Crippen molar-refractivity contribution in [2.75, 3.05) is 64.5 Å². The van der Waals surface area contributed by atoms with Gasteiger partial charge in [0.2, 0.25) is 0 Å². The average Bonchev–Trinajstić information content (AvgIpc) is 3.26. The van der Waals surface area contributed by atoms with Crippen LogP contribution in [0.25, 0.3) is 0 Å². The summed E-state index contributed by atoms with van der Waals surface area (Å²) < 4.78 is 27.6. The summed E-state index contributed by atoms with van der Waals surface area (Å²) in [6.07, 6.45) is 7.02. The van der Waals surface area contributed by atoms with Gasteiger partial charge < -0.3 is 15.0 Å². The maximum absolute atomic E-state index is 11.1. The SMILES string of the molecule is CCNC(=NCCOCCS(C)(=O)=O)N1CCN(C2CC3CCC2C3)CC1.I. The van der Waals surface area contributed by atoms with Gasteiger partial charge in [0.15, 0.2) is 5.96 Å². The van der Waals surface area contributed by atoms with Crippen molar-refractivity contribution >= 4 is 39.8 Å². The maximum atomic E-state index is 11.1. The third kappa shape index (κ3) is 6.98. The van der Waals surface area contributed by atoms with Crippen molar-refractivity contribution in [1.29, 1.82) is 0 Å². The summed E-state index contributed by atoms with van der Waals surface area (Å²) in [6.45, 7) is 8.49. The van der Waals surface area contributed by atoms with E-state index in [0.717, 1.165) is 56.6 Å². The lowest BCUT2D eigenvalue weighted by Crippen LogP contribution is -2.55. The zero-order valence-electron chi connectivity index (χ0n) is 17.3. The first-order valence-corrected chi connectivity index (χ1v) is 12.5. The van der Waals surface area contributed by atoms with Crippen molar-refractivity contribution in [2.24, 2.45) is 16.8 Å². The first kappa shape index (κ1) is 24.1. The summed E-state index contributed by atoms with van der Waals surface area (Å²) in [4.78, 5) is 9.74. The van der Waals surface area contributed by atoms with Crippen LogP contribution in [0.4, 0.5) is 0 Å². The number of rotatable bonds is 8. The van der Waals surface area contributed by atoms with E-state index in [9.17, 15) is 8.42 Å². The largest absolute Gasteiger partial charge is 0.378 e. The molecule has 0 aromatic carbocycles. The molecule has 1 N–H and O–H groups in total. The minimum Gasteiger partial charge on any atom is -0.378 e. The summed E-state index contributed by atoms with van der Waals surface area (Å²) in [7, 11) is -2.96. The Kier molecular flexibility index (Phi) is 9.75. The topological polar surface area (TPSA) is 74.2 Å². The fourth-order valence-electron chi connectivity index (χ4n) is 4.88. The molecule has 3 aliphatic rings. The molecule has 1 heterocycles.